The van der Waals surface area contributed by atoms with Gasteiger partial charge in [0.15, 0.2) is 6.54 Å². The summed E-state index contributed by atoms with van der Waals surface area (Å²) in [5.74, 6) is -1.35. The van der Waals surface area contributed by atoms with Crippen molar-refractivity contribution in [2.75, 3.05) is 31.1 Å². The Labute approximate surface area is 299 Å². The molecule has 0 saturated carbocycles. The molecule has 3 aliphatic rings. The average molecular weight is 709 g/mol. The maximum atomic E-state index is 13.3. The van der Waals surface area contributed by atoms with Gasteiger partial charge >= 0.3 is 11.9 Å². The van der Waals surface area contributed by atoms with Crippen LogP contribution in [0.1, 0.15) is 84.5 Å². The number of hydrogen-bond acceptors (Lipinski definition) is 4. The Hall–Kier alpha value is -4.59. The summed E-state index contributed by atoms with van der Waals surface area (Å²) in [6.45, 7) is 16.2. The first-order valence-electron chi connectivity index (χ1n) is 17.0. The van der Waals surface area contributed by atoms with E-state index in [-0.39, 0.29) is 37.6 Å². The van der Waals surface area contributed by atoms with E-state index in [0.717, 1.165) is 76.0 Å². The molecule has 8 rings (SSSR count). The Morgan fingerprint density at radius 3 is 2.10 bits per heavy atom. The molecule has 5 aromatic rings. The number of likely N-dealkylation sites (N-methyl/N-ethyl adjacent to an activating group) is 2. The molecule has 0 spiro atoms. The first kappa shape index (κ1) is 32.6. The van der Waals surface area contributed by atoms with Gasteiger partial charge in [0, 0.05) is 51.4 Å². The first-order valence-corrected chi connectivity index (χ1v) is 17.7. The molecular formula is C41H37Cl2N2O5+. The minimum absolute atomic E-state index is 0.0661. The third-order valence-corrected chi connectivity index (χ3v) is 11.5. The molecule has 0 unspecified atom stereocenters. The van der Waals surface area contributed by atoms with Gasteiger partial charge in [0.25, 0.3) is 0 Å². The number of anilines is 1. The van der Waals surface area contributed by atoms with E-state index in [4.69, 9.17) is 27.9 Å². The lowest BCUT2D eigenvalue weighted by Gasteiger charge is -2.32. The molecule has 3 aliphatic heterocycles. The number of benzene rings is 5. The quantitative estimate of drug-likeness (QED) is 0.177. The highest BCUT2D eigenvalue weighted by molar-refractivity contribution is 6.40. The van der Waals surface area contributed by atoms with E-state index in [1.165, 1.54) is 0 Å². The number of nitrogens with zero attached hydrogens (tertiary/aromatic N) is 2. The van der Waals surface area contributed by atoms with E-state index in [0.29, 0.717) is 27.9 Å². The van der Waals surface area contributed by atoms with Gasteiger partial charge in [0.05, 0.1) is 43.2 Å². The fourth-order valence-corrected chi connectivity index (χ4v) is 9.53. The second-order valence-corrected chi connectivity index (χ2v) is 15.6. The molecule has 7 nitrogen and oxygen atoms in total. The molecule has 0 fully saturated rings. The minimum Gasteiger partial charge on any atom is -0.478 e. The number of fused-ring (bicyclic) bond motifs is 12. The smallest absolute Gasteiger partial charge is 0.337 e. The number of ether oxygens (including phenoxy) is 1. The highest BCUT2D eigenvalue weighted by Gasteiger charge is 2.47. The van der Waals surface area contributed by atoms with Gasteiger partial charge in [-0.2, -0.15) is 0 Å². The topological polar surface area (TPSA) is 90.1 Å². The highest BCUT2D eigenvalue weighted by Crippen LogP contribution is 2.57. The Kier molecular flexibility index (Phi) is 7.14. The summed E-state index contributed by atoms with van der Waals surface area (Å²) in [4.78, 5) is 28.3. The zero-order chi connectivity index (χ0) is 35.6. The van der Waals surface area contributed by atoms with Gasteiger partial charge in [-0.25, -0.2) is 14.2 Å². The zero-order valence-corrected chi connectivity index (χ0v) is 30.3. The van der Waals surface area contributed by atoms with Crippen molar-refractivity contribution in [3.05, 3.63) is 109 Å². The first-order chi connectivity index (χ1) is 23.7. The van der Waals surface area contributed by atoms with Gasteiger partial charge in [0.1, 0.15) is 18.0 Å². The maximum Gasteiger partial charge on any atom is 0.337 e. The Morgan fingerprint density at radius 2 is 1.48 bits per heavy atom. The van der Waals surface area contributed by atoms with Crippen molar-refractivity contribution in [1.82, 2.24) is 4.58 Å². The fraction of sp³-hybridized carbons (Fsp3) is 0.293. The summed E-state index contributed by atoms with van der Waals surface area (Å²) in [6.07, 6.45) is 0. The van der Waals surface area contributed by atoms with E-state index >= 15 is 0 Å². The number of rotatable bonds is 5. The lowest BCUT2D eigenvalue weighted by molar-refractivity contribution is 0.0681. The summed E-state index contributed by atoms with van der Waals surface area (Å²) in [5, 5.41) is 26.2. The van der Waals surface area contributed by atoms with Gasteiger partial charge in [-0.15, -0.1) is 0 Å². The van der Waals surface area contributed by atoms with Gasteiger partial charge in [-0.1, -0.05) is 79.5 Å². The van der Waals surface area contributed by atoms with Crippen LogP contribution in [-0.2, 0) is 10.8 Å². The molecule has 2 N–H and O–H groups in total. The highest BCUT2D eigenvalue weighted by atomic mass is 35.5. The van der Waals surface area contributed by atoms with E-state index in [2.05, 4.69) is 63.2 Å². The van der Waals surface area contributed by atoms with Crippen molar-refractivity contribution in [3.8, 4) is 11.5 Å². The average Bonchev–Trinajstić information content (AvgIpc) is 3.53. The molecule has 0 aliphatic carbocycles. The summed E-state index contributed by atoms with van der Waals surface area (Å²) >= 11 is 13.9. The van der Waals surface area contributed by atoms with Gasteiger partial charge in [-0.05, 0) is 50.6 Å². The minimum atomic E-state index is -1.31. The van der Waals surface area contributed by atoms with Crippen molar-refractivity contribution in [2.24, 2.45) is 0 Å². The van der Waals surface area contributed by atoms with Gasteiger partial charge < -0.3 is 19.8 Å². The maximum absolute atomic E-state index is 13.3. The number of hydrogen-bond donors (Lipinski definition) is 2. The van der Waals surface area contributed by atoms with Crippen LogP contribution < -0.4 is 24.8 Å². The third-order valence-electron chi connectivity index (χ3n) is 10.8. The standard InChI is InChI=1S/C41H36Cl2N2O5/c1-7-44-18-40(3,4)31-34(44)22-15-11-9-13-20(22)26-29(30-28(39(48)49)25(42)17-24(33(30)43)38(46)47)27-21-14-10-12-16-23(21)35-32(37(27)50-36(26)31)41(5,6)19-45(35)8-2/h9-17H,7-8,18-19H2,1-6H3,(H-,46,47,48,49)/p+1. The molecule has 5 aromatic carbocycles. The lowest BCUT2D eigenvalue weighted by Crippen LogP contribution is -2.32. The SMILES string of the molecule is CCN1CC(C)(C)c2c3c(c4ccccc4c21)C(c1c(Cl)c(C(=O)O)cc(Cl)c1C(=O)O)=c1c(c2c(c4ccccc14)=[N+](CC)CC2(C)C)O3. The Morgan fingerprint density at radius 1 is 0.840 bits per heavy atom. The van der Waals surface area contributed by atoms with Gasteiger partial charge in [0.2, 0.25) is 5.36 Å². The molecule has 0 aromatic heterocycles. The molecule has 0 radical (unpaired) electrons. The van der Waals surface area contributed by atoms with Crippen LogP contribution in [0.15, 0.2) is 54.6 Å². The summed E-state index contributed by atoms with van der Waals surface area (Å²) in [5.41, 5.74) is 3.14. The van der Waals surface area contributed by atoms with E-state index in [1.54, 1.807) is 0 Å². The number of aromatic carboxylic acids is 2. The van der Waals surface area contributed by atoms with E-state index in [9.17, 15) is 19.8 Å². The number of carboxylic acid groups (broad SMARTS) is 2. The molecule has 50 heavy (non-hydrogen) atoms. The molecule has 0 amide bonds. The predicted molar refractivity (Wildman–Crippen MR) is 200 cm³/mol. The number of carbonyl (C=O) groups is 2. The van der Waals surface area contributed by atoms with Crippen LogP contribution in [0.25, 0.3) is 27.1 Å². The molecule has 0 atom stereocenters. The van der Waals surface area contributed by atoms with Crippen molar-refractivity contribution >= 4 is 67.9 Å². The van der Waals surface area contributed by atoms with Crippen molar-refractivity contribution in [2.45, 2.75) is 52.4 Å². The molecule has 0 saturated heterocycles. The second-order valence-electron chi connectivity index (χ2n) is 14.8. The van der Waals surface area contributed by atoms with Crippen LogP contribution in [0.3, 0.4) is 0 Å². The fourth-order valence-electron chi connectivity index (χ4n) is 8.92. The van der Waals surface area contributed by atoms with Gasteiger partial charge in [-0.3, -0.25) is 0 Å². The van der Waals surface area contributed by atoms with Crippen molar-refractivity contribution < 1.29 is 24.5 Å². The zero-order valence-electron chi connectivity index (χ0n) is 28.8. The molecule has 254 valence electrons. The molecule has 3 heterocycles. The molecule has 9 heteroatoms. The van der Waals surface area contributed by atoms with Crippen LogP contribution in [0.2, 0.25) is 10.0 Å². The summed E-state index contributed by atoms with van der Waals surface area (Å²) < 4.78 is 9.80. The van der Waals surface area contributed by atoms with Crippen LogP contribution in [0, 0.1) is 0 Å². The van der Waals surface area contributed by atoms with Crippen LogP contribution in [0.5, 0.6) is 11.5 Å². The Balaban J connectivity index is 1.76. The summed E-state index contributed by atoms with van der Waals surface area (Å²) in [7, 11) is 0. The molecular weight excluding hydrogens is 671 g/mol. The van der Waals surface area contributed by atoms with Crippen molar-refractivity contribution in [3.63, 3.8) is 0 Å². The predicted octanol–water partition coefficient (Wildman–Crippen LogP) is 7.97. The number of carboxylic acids is 2. The normalized spacial score (nSPS) is 16.7. The van der Waals surface area contributed by atoms with E-state index in [1.807, 2.05) is 36.4 Å². The second kappa shape index (κ2) is 11.0. The van der Waals surface area contributed by atoms with E-state index < -0.39 is 11.9 Å². The van der Waals surface area contributed by atoms with Crippen molar-refractivity contribution in [1.29, 1.82) is 0 Å². The Bertz CT molecular complexity index is 2540. The largest absolute Gasteiger partial charge is 0.478 e. The van der Waals surface area contributed by atoms with Crippen LogP contribution >= 0.6 is 23.2 Å². The van der Waals surface area contributed by atoms with Crippen LogP contribution in [0.4, 0.5) is 5.69 Å². The number of halogens is 2. The summed E-state index contributed by atoms with van der Waals surface area (Å²) in [6, 6.07) is 17.3. The van der Waals surface area contributed by atoms with Crippen LogP contribution in [-0.4, -0.2) is 48.3 Å². The monoisotopic (exact) mass is 707 g/mol. The lowest BCUT2D eigenvalue weighted by atomic mass is 9.77. The third kappa shape index (κ3) is 4.26. The molecule has 0 bridgehead atoms.